The van der Waals surface area contributed by atoms with Crippen LogP contribution >= 0.6 is 11.6 Å². The van der Waals surface area contributed by atoms with Crippen molar-refractivity contribution in [3.63, 3.8) is 0 Å². The van der Waals surface area contributed by atoms with E-state index in [1.54, 1.807) is 30.3 Å². The van der Waals surface area contributed by atoms with Crippen LogP contribution in [0.2, 0.25) is 5.02 Å². The summed E-state index contributed by atoms with van der Waals surface area (Å²) in [6.07, 6.45) is 1.43. The lowest BCUT2D eigenvalue weighted by Crippen LogP contribution is -2.17. The van der Waals surface area contributed by atoms with Gasteiger partial charge in [0.05, 0.1) is 10.7 Å². The molecule has 142 valence electrons. The molecule has 0 radical (unpaired) electrons. The molecule has 2 aromatic carbocycles. The summed E-state index contributed by atoms with van der Waals surface area (Å²) < 4.78 is 0. The Kier molecular flexibility index (Phi) is 6.06. The zero-order valence-electron chi connectivity index (χ0n) is 15.6. The van der Waals surface area contributed by atoms with E-state index in [4.69, 9.17) is 11.6 Å². The number of hydrogen-bond acceptors (Lipinski definition) is 3. The average molecular weight is 394 g/mol. The van der Waals surface area contributed by atoms with Gasteiger partial charge in [-0.3, -0.25) is 14.6 Å². The van der Waals surface area contributed by atoms with Crippen LogP contribution in [-0.4, -0.2) is 16.8 Å². The van der Waals surface area contributed by atoms with Gasteiger partial charge in [0.2, 0.25) is 0 Å². The van der Waals surface area contributed by atoms with Gasteiger partial charge in [-0.05, 0) is 47.9 Å². The second-order valence-electron chi connectivity index (χ2n) is 6.59. The Bertz CT molecular complexity index is 1000. The van der Waals surface area contributed by atoms with Crippen LogP contribution in [0.5, 0.6) is 0 Å². The number of nitrogens with zero attached hydrogens (tertiary/aromatic N) is 1. The van der Waals surface area contributed by atoms with Gasteiger partial charge >= 0.3 is 0 Å². The summed E-state index contributed by atoms with van der Waals surface area (Å²) in [7, 11) is 0. The number of para-hydroxylation sites is 1. The van der Waals surface area contributed by atoms with Crippen molar-refractivity contribution in [2.24, 2.45) is 0 Å². The molecule has 0 spiro atoms. The minimum Gasteiger partial charge on any atom is -0.321 e. The third-order valence-corrected chi connectivity index (χ3v) is 4.54. The van der Waals surface area contributed by atoms with E-state index in [-0.39, 0.29) is 17.5 Å². The first-order valence-electron chi connectivity index (χ1n) is 8.87. The minimum absolute atomic E-state index is 0.153. The van der Waals surface area contributed by atoms with Crippen molar-refractivity contribution >= 4 is 34.8 Å². The van der Waals surface area contributed by atoms with Gasteiger partial charge in [-0.25, -0.2) is 0 Å². The van der Waals surface area contributed by atoms with E-state index in [0.29, 0.717) is 27.9 Å². The van der Waals surface area contributed by atoms with Crippen LogP contribution in [0.3, 0.4) is 0 Å². The predicted octanol–water partition coefficient (Wildman–Crippen LogP) is 5.36. The average Bonchev–Trinajstić information content (AvgIpc) is 2.70. The predicted molar refractivity (Wildman–Crippen MR) is 112 cm³/mol. The summed E-state index contributed by atoms with van der Waals surface area (Å²) in [6, 6.07) is 17.6. The molecule has 0 fully saturated rings. The molecule has 0 aliphatic carbocycles. The molecule has 28 heavy (non-hydrogen) atoms. The van der Waals surface area contributed by atoms with Crippen LogP contribution in [0.4, 0.5) is 11.4 Å². The van der Waals surface area contributed by atoms with E-state index in [1.165, 1.54) is 17.8 Å². The molecule has 5 nitrogen and oxygen atoms in total. The number of rotatable bonds is 5. The zero-order chi connectivity index (χ0) is 20.1. The van der Waals surface area contributed by atoms with Crippen LogP contribution in [-0.2, 0) is 0 Å². The van der Waals surface area contributed by atoms with E-state index in [1.807, 2.05) is 24.3 Å². The quantitative estimate of drug-likeness (QED) is 0.612. The van der Waals surface area contributed by atoms with Crippen LogP contribution < -0.4 is 10.6 Å². The summed E-state index contributed by atoms with van der Waals surface area (Å²) in [5.74, 6) is -0.338. The first-order valence-corrected chi connectivity index (χ1v) is 9.25. The van der Waals surface area contributed by atoms with Gasteiger partial charge in [0, 0.05) is 17.4 Å². The van der Waals surface area contributed by atoms with Gasteiger partial charge in [-0.1, -0.05) is 49.7 Å². The van der Waals surface area contributed by atoms with Crippen molar-refractivity contribution in [1.82, 2.24) is 4.98 Å². The van der Waals surface area contributed by atoms with Crippen LogP contribution in [0, 0.1) is 0 Å². The Hall–Kier alpha value is -3.18. The maximum absolute atomic E-state index is 12.5. The molecule has 3 aromatic rings. The standard InChI is InChI=1S/C22H20ClN3O2/c1-14(2)15-7-9-17(10-8-15)25-22(28)20-13-16(11-12-24-20)21(27)26-19-6-4-3-5-18(19)23/h3-14H,1-2H3,(H,25,28)(H,26,27). The van der Waals surface area contributed by atoms with Crippen molar-refractivity contribution in [2.75, 3.05) is 10.6 Å². The minimum atomic E-state index is -0.385. The Morgan fingerprint density at radius 1 is 0.929 bits per heavy atom. The fourth-order valence-electron chi connectivity index (χ4n) is 2.60. The van der Waals surface area contributed by atoms with Gasteiger partial charge in [0.1, 0.15) is 5.69 Å². The Labute approximate surface area is 168 Å². The number of carbonyl (C=O) groups is 2. The zero-order valence-corrected chi connectivity index (χ0v) is 16.3. The van der Waals surface area contributed by atoms with Gasteiger partial charge < -0.3 is 10.6 Å². The van der Waals surface area contributed by atoms with Crippen molar-refractivity contribution < 1.29 is 9.59 Å². The highest BCUT2D eigenvalue weighted by Crippen LogP contribution is 2.21. The molecule has 0 atom stereocenters. The lowest BCUT2D eigenvalue weighted by Gasteiger charge is -2.09. The molecule has 2 amide bonds. The molecule has 6 heteroatoms. The Morgan fingerprint density at radius 3 is 2.32 bits per heavy atom. The smallest absolute Gasteiger partial charge is 0.274 e. The van der Waals surface area contributed by atoms with Crippen molar-refractivity contribution in [1.29, 1.82) is 0 Å². The normalized spacial score (nSPS) is 10.6. The lowest BCUT2D eigenvalue weighted by atomic mass is 10.0. The number of anilines is 2. The highest BCUT2D eigenvalue weighted by molar-refractivity contribution is 6.33. The fraction of sp³-hybridized carbons (Fsp3) is 0.136. The monoisotopic (exact) mass is 393 g/mol. The summed E-state index contributed by atoms with van der Waals surface area (Å²) in [5, 5.41) is 5.96. The van der Waals surface area contributed by atoms with Crippen LogP contribution in [0.25, 0.3) is 0 Å². The summed E-state index contributed by atoms with van der Waals surface area (Å²) in [5.41, 5.74) is 2.83. The van der Waals surface area contributed by atoms with Crippen molar-refractivity contribution in [2.45, 2.75) is 19.8 Å². The number of nitrogens with one attached hydrogen (secondary N) is 2. The summed E-state index contributed by atoms with van der Waals surface area (Å²) in [4.78, 5) is 29.0. The molecule has 1 heterocycles. The van der Waals surface area contributed by atoms with Gasteiger partial charge in [0.25, 0.3) is 11.8 Å². The third kappa shape index (κ3) is 4.75. The van der Waals surface area contributed by atoms with E-state index in [2.05, 4.69) is 29.5 Å². The maximum atomic E-state index is 12.5. The maximum Gasteiger partial charge on any atom is 0.274 e. The summed E-state index contributed by atoms with van der Waals surface area (Å²) >= 11 is 6.07. The third-order valence-electron chi connectivity index (χ3n) is 4.21. The highest BCUT2D eigenvalue weighted by atomic mass is 35.5. The van der Waals surface area contributed by atoms with Gasteiger partial charge in [0.15, 0.2) is 0 Å². The molecule has 3 rings (SSSR count). The molecular formula is C22H20ClN3O2. The molecule has 2 N–H and O–H groups in total. The number of carbonyl (C=O) groups excluding carboxylic acids is 2. The van der Waals surface area contributed by atoms with E-state index >= 15 is 0 Å². The number of pyridine rings is 1. The molecule has 0 aliphatic rings. The highest BCUT2D eigenvalue weighted by Gasteiger charge is 2.13. The van der Waals surface area contributed by atoms with E-state index in [0.717, 1.165) is 0 Å². The fourth-order valence-corrected chi connectivity index (χ4v) is 2.78. The molecule has 0 aliphatic heterocycles. The largest absolute Gasteiger partial charge is 0.321 e. The van der Waals surface area contributed by atoms with E-state index < -0.39 is 0 Å². The SMILES string of the molecule is CC(C)c1ccc(NC(=O)c2cc(C(=O)Nc3ccccc3Cl)ccn2)cc1. The number of halogens is 1. The second-order valence-corrected chi connectivity index (χ2v) is 7.00. The Balaban J connectivity index is 1.72. The van der Waals surface area contributed by atoms with Crippen molar-refractivity contribution in [3.8, 4) is 0 Å². The molecule has 0 bridgehead atoms. The summed E-state index contributed by atoms with van der Waals surface area (Å²) in [6.45, 7) is 4.22. The first kappa shape index (κ1) is 19.6. The van der Waals surface area contributed by atoms with Crippen molar-refractivity contribution in [3.05, 3.63) is 88.7 Å². The lowest BCUT2D eigenvalue weighted by molar-refractivity contribution is 0.102. The molecule has 0 saturated carbocycles. The molecule has 0 unspecified atom stereocenters. The number of hydrogen-bond donors (Lipinski definition) is 2. The second kappa shape index (κ2) is 8.67. The van der Waals surface area contributed by atoms with Gasteiger partial charge in [-0.2, -0.15) is 0 Å². The molecule has 1 aromatic heterocycles. The molecule has 0 saturated heterocycles. The topological polar surface area (TPSA) is 71.1 Å². The van der Waals surface area contributed by atoms with E-state index in [9.17, 15) is 9.59 Å². The first-order chi connectivity index (χ1) is 13.4. The number of amides is 2. The Morgan fingerprint density at radius 2 is 1.64 bits per heavy atom. The number of aromatic nitrogens is 1. The van der Waals surface area contributed by atoms with Crippen LogP contribution in [0.15, 0.2) is 66.9 Å². The van der Waals surface area contributed by atoms with Gasteiger partial charge in [-0.15, -0.1) is 0 Å². The molecular weight excluding hydrogens is 374 g/mol. The van der Waals surface area contributed by atoms with Crippen LogP contribution in [0.1, 0.15) is 46.2 Å². The number of benzene rings is 2.